The minimum absolute atomic E-state index is 0.0341. The second-order valence-electron chi connectivity index (χ2n) is 4.38. The fraction of sp³-hybridized carbons (Fsp3) is 0.500. The number of aliphatic hydroxyl groups excluding tert-OH is 1. The molecule has 1 atom stereocenters. The molecule has 0 heterocycles. The van der Waals surface area contributed by atoms with Gasteiger partial charge in [0.15, 0.2) is 0 Å². The highest BCUT2D eigenvalue weighted by molar-refractivity contribution is 5.43. The number of rotatable bonds is 5. The van der Waals surface area contributed by atoms with Crippen molar-refractivity contribution in [1.29, 1.82) is 0 Å². The molecule has 0 amide bonds. The van der Waals surface area contributed by atoms with Crippen molar-refractivity contribution in [2.75, 3.05) is 13.2 Å². The predicted octanol–water partition coefficient (Wildman–Crippen LogP) is 2.87. The van der Waals surface area contributed by atoms with Crippen molar-refractivity contribution < 1.29 is 9.84 Å². The van der Waals surface area contributed by atoms with Crippen molar-refractivity contribution in [1.82, 2.24) is 0 Å². The molecule has 1 N–H and O–H groups in total. The van der Waals surface area contributed by atoms with Gasteiger partial charge in [-0.3, -0.25) is 0 Å². The van der Waals surface area contributed by atoms with Crippen LogP contribution >= 0.6 is 0 Å². The van der Waals surface area contributed by atoms with Gasteiger partial charge in [-0.05, 0) is 49.8 Å². The summed E-state index contributed by atoms with van der Waals surface area (Å²) in [6.07, 6.45) is 2.51. The summed E-state index contributed by atoms with van der Waals surface area (Å²) in [5.74, 6) is 1.62. The van der Waals surface area contributed by atoms with Crippen LogP contribution in [0.3, 0.4) is 0 Å². The Balaban J connectivity index is 2.28. The number of ether oxygens (including phenoxy) is 1. The smallest absolute Gasteiger partial charge is 0.122 e. The molecule has 2 rings (SSSR count). The van der Waals surface area contributed by atoms with Crippen LogP contribution in [0.15, 0.2) is 18.2 Å². The fourth-order valence-corrected chi connectivity index (χ4v) is 1.93. The first-order valence-electron chi connectivity index (χ1n) is 5.96. The Morgan fingerprint density at radius 2 is 2.25 bits per heavy atom. The van der Waals surface area contributed by atoms with E-state index in [2.05, 4.69) is 13.0 Å². The Hall–Kier alpha value is -1.02. The first kappa shape index (κ1) is 11.5. The van der Waals surface area contributed by atoms with Crippen molar-refractivity contribution in [2.45, 2.75) is 31.6 Å². The minimum atomic E-state index is -0.0341. The van der Waals surface area contributed by atoms with Gasteiger partial charge in [0.25, 0.3) is 0 Å². The Kier molecular flexibility index (Phi) is 3.49. The summed E-state index contributed by atoms with van der Waals surface area (Å²) in [5, 5.41) is 9.11. The molecule has 1 radical (unpaired) electrons. The summed E-state index contributed by atoms with van der Waals surface area (Å²) in [4.78, 5) is 0. The van der Waals surface area contributed by atoms with E-state index in [0.717, 1.165) is 11.3 Å². The van der Waals surface area contributed by atoms with E-state index in [1.807, 2.05) is 19.1 Å². The number of benzene rings is 1. The van der Waals surface area contributed by atoms with Crippen LogP contribution in [-0.4, -0.2) is 18.3 Å². The van der Waals surface area contributed by atoms with Crippen molar-refractivity contribution in [3.8, 4) is 5.75 Å². The summed E-state index contributed by atoms with van der Waals surface area (Å²) >= 11 is 0. The Labute approximate surface area is 97.3 Å². The van der Waals surface area contributed by atoms with Crippen molar-refractivity contribution in [3.63, 3.8) is 0 Å². The monoisotopic (exact) mass is 219 g/mol. The van der Waals surface area contributed by atoms with E-state index >= 15 is 0 Å². The van der Waals surface area contributed by atoms with Crippen molar-refractivity contribution in [3.05, 3.63) is 36.2 Å². The maximum Gasteiger partial charge on any atom is 0.122 e. The highest BCUT2D eigenvalue weighted by Gasteiger charge is 2.27. The maximum absolute atomic E-state index is 9.11. The van der Waals surface area contributed by atoms with Gasteiger partial charge in [0.1, 0.15) is 5.75 Å². The fourth-order valence-electron chi connectivity index (χ4n) is 1.93. The molecule has 1 aromatic rings. The second kappa shape index (κ2) is 4.88. The van der Waals surface area contributed by atoms with E-state index in [4.69, 9.17) is 9.84 Å². The zero-order valence-electron chi connectivity index (χ0n) is 9.78. The van der Waals surface area contributed by atoms with Crippen molar-refractivity contribution in [2.24, 2.45) is 0 Å². The molecule has 2 heteroatoms. The lowest BCUT2D eigenvalue weighted by molar-refractivity contribution is 0.282. The summed E-state index contributed by atoms with van der Waals surface area (Å²) in [6, 6.07) is 6.17. The Bertz CT molecular complexity index is 356. The first-order valence-corrected chi connectivity index (χ1v) is 5.96. The first-order chi connectivity index (χ1) is 7.76. The van der Waals surface area contributed by atoms with E-state index in [1.165, 1.54) is 18.4 Å². The van der Waals surface area contributed by atoms with E-state index in [9.17, 15) is 0 Å². The van der Waals surface area contributed by atoms with Gasteiger partial charge < -0.3 is 9.84 Å². The lowest BCUT2D eigenvalue weighted by atomic mass is 9.97. The van der Waals surface area contributed by atoms with Gasteiger partial charge in [-0.25, -0.2) is 0 Å². The Morgan fingerprint density at radius 1 is 1.50 bits per heavy atom. The largest absolute Gasteiger partial charge is 0.494 e. The molecule has 1 aromatic carbocycles. The van der Waals surface area contributed by atoms with Crippen molar-refractivity contribution >= 4 is 0 Å². The molecular formula is C14H19O2. The van der Waals surface area contributed by atoms with E-state index in [1.54, 1.807) is 0 Å². The van der Waals surface area contributed by atoms with Crippen LogP contribution in [0.2, 0.25) is 0 Å². The molecule has 0 aromatic heterocycles. The standard InChI is InChI=1S/C14H19O2/c1-3-16-14-7-6-12(10(2)9-15)8-13(14)11-4-5-11/h6-8,10-11,15H,2-5,9H2,1H3. The average molecular weight is 219 g/mol. The molecule has 1 fully saturated rings. The second-order valence-corrected chi connectivity index (χ2v) is 4.38. The third kappa shape index (κ3) is 2.38. The molecule has 1 unspecified atom stereocenters. The lowest BCUT2D eigenvalue weighted by Crippen LogP contribution is -2.02. The molecule has 0 bridgehead atoms. The molecule has 0 saturated heterocycles. The lowest BCUT2D eigenvalue weighted by Gasteiger charge is -2.14. The summed E-state index contributed by atoms with van der Waals surface area (Å²) in [7, 11) is 0. The van der Waals surface area contributed by atoms with E-state index < -0.39 is 0 Å². The van der Waals surface area contributed by atoms with Crippen LogP contribution in [0, 0.1) is 6.92 Å². The van der Waals surface area contributed by atoms with Crippen LogP contribution in [0.1, 0.15) is 42.7 Å². The zero-order valence-corrected chi connectivity index (χ0v) is 9.78. The average Bonchev–Trinajstić information content (AvgIpc) is 3.13. The molecule has 1 aliphatic carbocycles. The van der Waals surface area contributed by atoms with Crippen LogP contribution in [0.4, 0.5) is 0 Å². The minimum Gasteiger partial charge on any atom is -0.494 e. The molecule has 87 valence electrons. The van der Waals surface area contributed by atoms with E-state index in [0.29, 0.717) is 12.5 Å². The summed E-state index contributed by atoms with van der Waals surface area (Å²) in [5.41, 5.74) is 2.40. The molecule has 2 nitrogen and oxygen atoms in total. The van der Waals surface area contributed by atoms with Gasteiger partial charge in [0.05, 0.1) is 6.61 Å². The normalized spacial score (nSPS) is 17.2. The Morgan fingerprint density at radius 3 is 2.81 bits per heavy atom. The predicted molar refractivity (Wildman–Crippen MR) is 64.8 cm³/mol. The summed E-state index contributed by atoms with van der Waals surface area (Å²) in [6.45, 7) is 6.73. The number of aliphatic hydroxyl groups is 1. The molecule has 0 spiro atoms. The molecule has 0 aliphatic heterocycles. The van der Waals surface area contributed by atoms with Gasteiger partial charge in [-0.1, -0.05) is 12.1 Å². The number of hydrogen-bond donors (Lipinski definition) is 1. The van der Waals surface area contributed by atoms with Gasteiger partial charge in [0, 0.05) is 12.5 Å². The third-order valence-corrected chi connectivity index (χ3v) is 3.04. The quantitative estimate of drug-likeness (QED) is 0.825. The molecule has 16 heavy (non-hydrogen) atoms. The SMILES string of the molecule is [CH2]C(CO)c1ccc(OCC)c(C2CC2)c1. The van der Waals surface area contributed by atoms with Crippen LogP contribution in [0.25, 0.3) is 0 Å². The highest BCUT2D eigenvalue weighted by atomic mass is 16.5. The maximum atomic E-state index is 9.11. The van der Waals surface area contributed by atoms with Gasteiger partial charge >= 0.3 is 0 Å². The van der Waals surface area contributed by atoms with Gasteiger partial charge in [-0.2, -0.15) is 0 Å². The molecule has 1 saturated carbocycles. The number of hydrogen-bond acceptors (Lipinski definition) is 2. The molecule has 1 aliphatic rings. The summed E-state index contributed by atoms with van der Waals surface area (Å²) < 4.78 is 5.62. The van der Waals surface area contributed by atoms with Crippen LogP contribution in [-0.2, 0) is 0 Å². The van der Waals surface area contributed by atoms with Crippen LogP contribution < -0.4 is 4.74 Å². The topological polar surface area (TPSA) is 29.5 Å². The highest BCUT2D eigenvalue weighted by Crippen LogP contribution is 2.45. The third-order valence-electron chi connectivity index (χ3n) is 3.04. The van der Waals surface area contributed by atoms with Gasteiger partial charge in [-0.15, -0.1) is 0 Å². The van der Waals surface area contributed by atoms with E-state index in [-0.39, 0.29) is 12.5 Å². The zero-order chi connectivity index (χ0) is 11.5. The van der Waals surface area contributed by atoms with Crippen LogP contribution in [0.5, 0.6) is 5.75 Å². The van der Waals surface area contributed by atoms with Gasteiger partial charge in [0.2, 0.25) is 0 Å². The molecular weight excluding hydrogens is 200 g/mol.